The van der Waals surface area contributed by atoms with Crippen LogP contribution in [-0.4, -0.2) is 9.13 Å². The molecule has 6 heteroatoms. The van der Waals surface area contributed by atoms with E-state index in [9.17, 15) is 0 Å². The summed E-state index contributed by atoms with van der Waals surface area (Å²) in [5.74, 6) is 0. The van der Waals surface area contributed by atoms with Crippen LogP contribution in [-0.2, 0) is 10.8 Å². The van der Waals surface area contributed by atoms with Crippen LogP contribution in [0, 0.1) is 0 Å². The fourth-order valence-corrected chi connectivity index (χ4v) is 23.9. The van der Waals surface area contributed by atoms with Crippen LogP contribution < -0.4 is 19.6 Å². The minimum Gasteiger partial charge on any atom is -0.310 e. The maximum Gasteiger partial charge on any atom is 0.0746 e. The lowest BCUT2D eigenvalue weighted by Crippen LogP contribution is -2.28. The fourth-order valence-electron chi connectivity index (χ4n) is 23.9. The normalized spacial score (nSPS) is 14.1. The van der Waals surface area contributed by atoms with Crippen molar-refractivity contribution in [2.24, 2.45) is 0 Å². The Hall–Kier alpha value is -18.4. The molecule has 0 N–H and O–H groups in total. The van der Waals surface area contributed by atoms with E-state index >= 15 is 0 Å². The first-order valence-corrected chi connectivity index (χ1v) is 48.4. The van der Waals surface area contributed by atoms with Gasteiger partial charge in [0.2, 0.25) is 0 Å². The molecule has 6 nitrogen and oxygen atoms in total. The monoisotopic (exact) mass is 1780 g/mol. The summed E-state index contributed by atoms with van der Waals surface area (Å²) in [7, 11) is 0. The van der Waals surface area contributed by atoms with Crippen LogP contribution in [0.3, 0.4) is 0 Å². The lowest BCUT2D eigenvalue weighted by Gasteiger charge is -2.36. The summed E-state index contributed by atoms with van der Waals surface area (Å²) in [5, 5.41) is 4.91. The van der Waals surface area contributed by atoms with Crippen molar-refractivity contribution >= 4 is 112 Å². The van der Waals surface area contributed by atoms with Crippen molar-refractivity contribution in [3.8, 4) is 78.1 Å². The van der Waals surface area contributed by atoms with Gasteiger partial charge in [-0.2, -0.15) is 0 Å². The van der Waals surface area contributed by atoms with E-state index in [0.717, 1.165) is 90.5 Å². The summed E-state index contributed by atoms with van der Waals surface area (Å²) < 4.78 is 4.84. The van der Waals surface area contributed by atoms with Crippen molar-refractivity contribution in [1.29, 1.82) is 0 Å². The molecule has 4 aliphatic carbocycles. The lowest BCUT2D eigenvalue weighted by molar-refractivity contribution is 0.793. The Morgan fingerprint density at radius 2 is 0.429 bits per heavy atom. The third kappa shape index (κ3) is 12.7. The minimum absolute atomic E-state index is 0.595. The van der Waals surface area contributed by atoms with E-state index in [4.69, 9.17) is 0 Å². The first kappa shape index (κ1) is 81.2. The van der Waals surface area contributed by atoms with Gasteiger partial charge in [-0.05, 0) is 258 Å². The molecule has 28 rings (SSSR count). The highest BCUT2D eigenvalue weighted by atomic mass is 15.2. The van der Waals surface area contributed by atoms with Crippen molar-refractivity contribution in [2.75, 3.05) is 19.6 Å². The second kappa shape index (κ2) is 33.3. The first-order valence-electron chi connectivity index (χ1n) is 48.4. The van der Waals surface area contributed by atoms with Crippen LogP contribution in [0.25, 0.3) is 122 Å². The van der Waals surface area contributed by atoms with E-state index in [0.29, 0.717) is 0 Å². The van der Waals surface area contributed by atoms with Gasteiger partial charge in [-0.25, -0.2) is 0 Å². The van der Waals surface area contributed by atoms with E-state index in [1.807, 2.05) is 0 Å². The van der Waals surface area contributed by atoms with Crippen LogP contribution >= 0.6 is 0 Å². The predicted molar refractivity (Wildman–Crippen MR) is 584 cm³/mol. The molecule has 22 aromatic carbocycles. The smallest absolute Gasteiger partial charge is 0.0746 e. The molecule has 2 aromatic heterocycles. The van der Waals surface area contributed by atoms with Gasteiger partial charge in [0.05, 0.1) is 50.0 Å². The molecular weight excluding hydrogens is 1690 g/mol. The summed E-state index contributed by atoms with van der Waals surface area (Å²) in [6.45, 7) is 0. The fraction of sp³-hybridized carbons (Fsp3) is 0.0149. The summed E-state index contributed by atoms with van der Waals surface area (Å²) in [6.07, 6.45) is 0. The third-order valence-corrected chi connectivity index (χ3v) is 29.5. The number of anilines is 12. The summed E-state index contributed by atoms with van der Waals surface area (Å²) in [6, 6.07) is 201. The summed E-state index contributed by atoms with van der Waals surface area (Å²) in [5.41, 5.74) is 44.1. The molecule has 2 heterocycles. The largest absolute Gasteiger partial charge is 0.310 e. The van der Waals surface area contributed by atoms with Gasteiger partial charge in [0.1, 0.15) is 0 Å². The average Bonchev–Trinajstić information content (AvgIpc) is 1.51. The van der Waals surface area contributed by atoms with Crippen molar-refractivity contribution in [3.05, 3.63) is 590 Å². The van der Waals surface area contributed by atoms with Crippen LogP contribution in [0.4, 0.5) is 68.2 Å². The van der Waals surface area contributed by atoms with Crippen molar-refractivity contribution in [1.82, 2.24) is 9.13 Å². The standard InChI is InChI=1S/2C67H45N3/c1-5-22-46(23-6-1)47-24-19-31-51(44-47)69(52-42-43-55-54-33-15-18-39-61(54)70(64(55)45-52)50-29-11-4-12-30-50)62-40-21-38-60-65(62)57-34-14-17-37-59(57)67(60)58-36-16-13-32-53(58)56-35-20-41-63(66(56)67)68(48-25-7-2-8-26-48)49-27-9-3-10-28-49;1-5-21-46(22-6-1)47-23-19-30-51(43-47)68(53-39-41-57-56-33-15-18-37-63(56)70(65(57)45-53)50-28-11-4-12-29-50)52-40-42-62-59(44-52)55-32-14-17-36-61(55)67(62)60-35-16-13-31-54(60)58-34-20-38-64(66(58)67)69(48-24-7-2-8-25-48)49-26-9-3-10-27-49/h2*1-45H. The van der Waals surface area contributed by atoms with Gasteiger partial charge in [0.25, 0.3) is 0 Å². The first-order chi connectivity index (χ1) is 69.5. The van der Waals surface area contributed by atoms with E-state index in [2.05, 4.69) is 575 Å². The zero-order valence-corrected chi connectivity index (χ0v) is 76.6. The highest BCUT2D eigenvalue weighted by Gasteiger charge is 2.56. The molecule has 24 aromatic rings. The molecule has 0 radical (unpaired) electrons. The molecule has 0 bridgehead atoms. The zero-order valence-electron chi connectivity index (χ0n) is 76.6. The Bertz CT molecular complexity index is 8870. The molecule has 0 fully saturated rings. The number of nitrogens with zero attached hydrogens (tertiary/aromatic N) is 6. The van der Waals surface area contributed by atoms with Gasteiger partial charge in [0.15, 0.2) is 0 Å². The summed E-state index contributed by atoms with van der Waals surface area (Å²) in [4.78, 5) is 9.88. The van der Waals surface area contributed by atoms with Crippen LogP contribution in [0.15, 0.2) is 546 Å². The molecule has 140 heavy (non-hydrogen) atoms. The topological polar surface area (TPSA) is 22.8 Å². The molecular formula is C134H90N6. The average molecular weight is 1780 g/mol. The number of aromatic nitrogens is 2. The molecule has 4 aliphatic rings. The Morgan fingerprint density at radius 1 is 0.150 bits per heavy atom. The van der Waals surface area contributed by atoms with Gasteiger partial charge in [0, 0.05) is 101 Å². The van der Waals surface area contributed by atoms with Crippen molar-refractivity contribution < 1.29 is 0 Å². The minimum atomic E-state index is -0.645. The highest BCUT2D eigenvalue weighted by molar-refractivity contribution is 6.14. The van der Waals surface area contributed by atoms with E-state index in [1.165, 1.54) is 144 Å². The third-order valence-electron chi connectivity index (χ3n) is 29.5. The Labute approximate surface area is 814 Å². The Balaban J connectivity index is 0.000000141. The van der Waals surface area contributed by atoms with E-state index in [-0.39, 0.29) is 0 Å². The molecule has 2 atom stereocenters. The number of benzene rings is 22. The van der Waals surface area contributed by atoms with Crippen LogP contribution in [0.2, 0.25) is 0 Å². The molecule has 0 saturated carbocycles. The zero-order chi connectivity index (χ0) is 92.4. The maximum absolute atomic E-state index is 2.52. The number of para-hydroxylation sites is 8. The predicted octanol–water partition coefficient (Wildman–Crippen LogP) is 35.5. The molecule has 2 unspecified atom stereocenters. The van der Waals surface area contributed by atoms with Crippen molar-refractivity contribution in [2.45, 2.75) is 10.8 Å². The van der Waals surface area contributed by atoms with E-state index < -0.39 is 10.8 Å². The number of fused-ring (bicyclic) bond motifs is 26. The maximum atomic E-state index is 2.52. The van der Waals surface area contributed by atoms with E-state index in [1.54, 1.807) is 0 Å². The van der Waals surface area contributed by atoms with Gasteiger partial charge in [-0.1, -0.05) is 382 Å². The second-order valence-electron chi connectivity index (χ2n) is 36.8. The molecule has 0 amide bonds. The molecule has 2 spiro atoms. The van der Waals surface area contributed by atoms with Gasteiger partial charge >= 0.3 is 0 Å². The lowest BCUT2D eigenvalue weighted by atomic mass is 9.70. The van der Waals surface area contributed by atoms with Gasteiger partial charge in [-0.3, -0.25) is 0 Å². The number of hydrogen-bond donors (Lipinski definition) is 0. The van der Waals surface area contributed by atoms with Crippen molar-refractivity contribution in [3.63, 3.8) is 0 Å². The molecule has 656 valence electrons. The van der Waals surface area contributed by atoms with Crippen LogP contribution in [0.1, 0.15) is 44.5 Å². The number of rotatable bonds is 16. The SMILES string of the molecule is c1ccc(-c2cccc(N(c3ccc4c(c3)-c3ccccc3C43c4ccccc4-c4cccc(N(c5ccccc5)c5ccccc5)c43)c3ccc4c5ccccc5n(-c5ccccc5)c4c3)c2)cc1.c1ccc(-c2cccc(N(c3ccc4c5ccccc5n(-c5ccccc5)c4c3)c3cccc4c3-c3ccccc3C43c4ccccc4-c4cccc(N(c5ccccc5)c5ccccc5)c43)c2)cc1. The van der Waals surface area contributed by atoms with Gasteiger partial charge in [-0.15, -0.1) is 0 Å². The van der Waals surface area contributed by atoms with Crippen LogP contribution in [0.5, 0.6) is 0 Å². The second-order valence-corrected chi connectivity index (χ2v) is 36.8. The Morgan fingerprint density at radius 3 is 0.886 bits per heavy atom. The Kier molecular flexibility index (Phi) is 19.3. The quantitative estimate of drug-likeness (QED) is 0.0962. The highest BCUT2D eigenvalue weighted by Crippen LogP contribution is 2.69. The van der Waals surface area contributed by atoms with Gasteiger partial charge < -0.3 is 28.7 Å². The molecule has 0 saturated heterocycles. The summed E-state index contributed by atoms with van der Waals surface area (Å²) >= 11 is 0. The molecule has 0 aliphatic heterocycles. The number of hydrogen-bond acceptors (Lipinski definition) is 4.